The van der Waals surface area contributed by atoms with E-state index < -0.39 is 0 Å². The smallest absolute Gasteiger partial charge is 0.137 e. The molecule has 0 saturated carbocycles. The van der Waals surface area contributed by atoms with Gasteiger partial charge in [-0.3, -0.25) is 0 Å². The number of hydrogen-bond acceptors (Lipinski definition) is 4. The molecule has 1 rings (SSSR count). The standard InChI is InChI=1S/C15H26ClN3O/c1-4-6-12(8-9-20)10-17-15-11(3)14(16)18-13(19-15)7-5-2/h12,20H,4-10H2,1-3H3,(H,17,18,19). The third kappa shape index (κ3) is 5.25. The second-order valence-corrected chi connectivity index (χ2v) is 5.56. The van der Waals surface area contributed by atoms with E-state index in [1.807, 2.05) is 6.92 Å². The Morgan fingerprint density at radius 1 is 1.20 bits per heavy atom. The molecule has 0 spiro atoms. The molecule has 0 amide bonds. The second-order valence-electron chi connectivity index (χ2n) is 5.20. The third-order valence-corrected chi connectivity index (χ3v) is 3.77. The van der Waals surface area contributed by atoms with E-state index in [1.165, 1.54) is 0 Å². The summed E-state index contributed by atoms with van der Waals surface area (Å²) < 4.78 is 0. The molecule has 20 heavy (non-hydrogen) atoms. The Morgan fingerprint density at radius 3 is 2.55 bits per heavy atom. The van der Waals surface area contributed by atoms with Crippen molar-refractivity contribution in [3.05, 3.63) is 16.5 Å². The molecule has 1 unspecified atom stereocenters. The van der Waals surface area contributed by atoms with Gasteiger partial charge in [-0.25, -0.2) is 9.97 Å². The van der Waals surface area contributed by atoms with E-state index >= 15 is 0 Å². The molecule has 0 bridgehead atoms. The Balaban J connectivity index is 2.74. The van der Waals surface area contributed by atoms with E-state index in [1.54, 1.807) is 0 Å². The molecular formula is C15H26ClN3O. The normalized spacial score (nSPS) is 12.4. The van der Waals surface area contributed by atoms with Crippen LogP contribution in [0.5, 0.6) is 0 Å². The predicted molar refractivity (Wildman–Crippen MR) is 84.4 cm³/mol. The fraction of sp³-hybridized carbons (Fsp3) is 0.733. The number of aryl methyl sites for hydroxylation is 1. The second kappa shape index (κ2) is 9.14. The summed E-state index contributed by atoms with van der Waals surface area (Å²) >= 11 is 6.16. The number of aromatic nitrogens is 2. The summed E-state index contributed by atoms with van der Waals surface area (Å²) in [6, 6.07) is 0. The van der Waals surface area contributed by atoms with E-state index in [9.17, 15) is 0 Å². The van der Waals surface area contributed by atoms with Crippen molar-refractivity contribution in [2.24, 2.45) is 5.92 Å². The number of rotatable bonds is 9. The van der Waals surface area contributed by atoms with E-state index in [0.717, 1.165) is 55.9 Å². The van der Waals surface area contributed by atoms with Gasteiger partial charge in [-0.05, 0) is 32.1 Å². The van der Waals surface area contributed by atoms with E-state index in [0.29, 0.717) is 11.1 Å². The highest BCUT2D eigenvalue weighted by atomic mass is 35.5. The average molecular weight is 300 g/mol. The van der Waals surface area contributed by atoms with Crippen molar-refractivity contribution < 1.29 is 5.11 Å². The van der Waals surface area contributed by atoms with E-state index in [4.69, 9.17) is 16.7 Å². The van der Waals surface area contributed by atoms with Crippen molar-refractivity contribution >= 4 is 17.4 Å². The van der Waals surface area contributed by atoms with Crippen molar-refractivity contribution in [2.75, 3.05) is 18.5 Å². The molecule has 0 aromatic carbocycles. The number of nitrogens with zero attached hydrogens (tertiary/aromatic N) is 2. The first-order valence-electron chi connectivity index (χ1n) is 7.50. The van der Waals surface area contributed by atoms with Gasteiger partial charge >= 0.3 is 0 Å². The van der Waals surface area contributed by atoms with Crippen LogP contribution in [-0.2, 0) is 6.42 Å². The van der Waals surface area contributed by atoms with Crippen LogP contribution in [0.3, 0.4) is 0 Å². The third-order valence-electron chi connectivity index (χ3n) is 3.40. The van der Waals surface area contributed by atoms with Crippen molar-refractivity contribution in [1.29, 1.82) is 0 Å². The summed E-state index contributed by atoms with van der Waals surface area (Å²) in [7, 11) is 0. The van der Waals surface area contributed by atoms with Gasteiger partial charge in [0.1, 0.15) is 16.8 Å². The highest BCUT2D eigenvalue weighted by Crippen LogP contribution is 2.21. The Kier molecular flexibility index (Phi) is 7.85. The van der Waals surface area contributed by atoms with Gasteiger partial charge < -0.3 is 10.4 Å². The molecule has 1 aromatic heterocycles. The molecule has 0 aliphatic rings. The lowest BCUT2D eigenvalue weighted by molar-refractivity contribution is 0.255. The Hall–Kier alpha value is -0.870. The molecule has 5 heteroatoms. The molecule has 1 heterocycles. The van der Waals surface area contributed by atoms with Crippen LogP contribution in [0.4, 0.5) is 5.82 Å². The topological polar surface area (TPSA) is 58.0 Å². The van der Waals surface area contributed by atoms with Crippen LogP contribution in [-0.4, -0.2) is 28.2 Å². The zero-order chi connectivity index (χ0) is 15.0. The molecule has 0 aliphatic heterocycles. The first kappa shape index (κ1) is 17.2. The van der Waals surface area contributed by atoms with Crippen LogP contribution in [0.15, 0.2) is 0 Å². The molecule has 0 aliphatic carbocycles. The molecule has 1 aromatic rings. The maximum Gasteiger partial charge on any atom is 0.137 e. The lowest BCUT2D eigenvalue weighted by Gasteiger charge is -2.17. The molecule has 4 nitrogen and oxygen atoms in total. The Labute approximate surface area is 127 Å². The minimum Gasteiger partial charge on any atom is -0.396 e. The first-order valence-corrected chi connectivity index (χ1v) is 7.87. The van der Waals surface area contributed by atoms with E-state index in [-0.39, 0.29) is 6.61 Å². The van der Waals surface area contributed by atoms with Gasteiger partial charge in [0.15, 0.2) is 0 Å². The van der Waals surface area contributed by atoms with Crippen molar-refractivity contribution in [2.45, 2.75) is 52.9 Å². The summed E-state index contributed by atoms with van der Waals surface area (Å²) in [6.07, 6.45) is 4.89. The van der Waals surface area contributed by atoms with Crippen molar-refractivity contribution in [3.8, 4) is 0 Å². The number of aliphatic hydroxyl groups excluding tert-OH is 1. The largest absolute Gasteiger partial charge is 0.396 e. The van der Waals surface area contributed by atoms with Crippen LogP contribution < -0.4 is 5.32 Å². The minimum absolute atomic E-state index is 0.233. The number of hydrogen-bond donors (Lipinski definition) is 2. The average Bonchev–Trinajstić information content (AvgIpc) is 2.41. The predicted octanol–water partition coefficient (Wildman–Crippen LogP) is 3.60. The summed E-state index contributed by atoms with van der Waals surface area (Å²) in [5.74, 6) is 2.08. The number of nitrogens with one attached hydrogen (secondary N) is 1. The highest BCUT2D eigenvalue weighted by molar-refractivity contribution is 6.30. The summed E-state index contributed by atoms with van der Waals surface area (Å²) in [6.45, 7) is 7.24. The fourth-order valence-corrected chi connectivity index (χ4v) is 2.41. The van der Waals surface area contributed by atoms with Gasteiger partial charge in [-0.15, -0.1) is 0 Å². The van der Waals surface area contributed by atoms with Crippen molar-refractivity contribution in [1.82, 2.24) is 9.97 Å². The van der Waals surface area contributed by atoms with Gasteiger partial charge in [0.05, 0.1) is 0 Å². The van der Waals surface area contributed by atoms with Gasteiger partial charge in [-0.2, -0.15) is 0 Å². The van der Waals surface area contributed by atoms with Crippen LogP contribution in [0.1, 0.15) is 50.9 Å². The van der Waals surface area contributed by atoms with E-state index in [2.05, 4.69) is 29.1 Å². The van der Waals surface area contributed by atoms with Crippen LogP contribution in [0.25, 0.3) is 0 Å². The number of anilines is 1. The Morgan fingerprint density at radius 2 is 1.95 bits per heavy atom. The monoisotopic (exact) mass is 299 g/mol. The SMILES string of the molecule is CCCc1nc(Cl)c(C)c(NCC(CCC)CCO)n1. The molecular weight excluding hydrogens is 274 g/mol. The highest BCUT2D eigenvalue weighted by Gasteiger charge is 2.12. The molecule has 2 N–H and O–H groups in total. The zero-order valence-electron chi connectivity index (χ0n) is 12.7. The van der Waals surface area contributed by atoms with Crippen LogP contribution in [0, 0.1) is 12.8 Å². The lowest BCUT2D eigenvalue weighted by Crippen LogP contribution is -2.17. The maximum absolute atomic E-state index is 9.10. The maximum atomic E-state index is 9.10. The zero-order valence-corrected chi connectivity index (χ0v) is 13.5. The van der Waals surface area contributed by atoms with Gasteiger partial charge in [0.25, 0.3) is 0 Å². The van der Waals surface area contributed by atoms with Crippen molar-refractivity contribution in [3.63, 3.8) is 0 Å². The lowest BCUT2D eigenvalue weighted by atomic mass is 10.0. The molecule has 1 atom stereocenters. The van der Waals surface area contributed by atoms with Gasteiger partial charge in [0.2, 0.25) is 0 Å². The molecule has 114 valence electrons. The van der Waals surface area contributed by atoms with Crippen LogP contribution in [0.2, 0.25) is 5.15 Å². The number of aliphatic hydroxyl groups is 1. The molecule has 0 radical (unpaired) electrons. The van der Waals surface area contributed by atoms with Gasteiger partial charge in [0, 0.05) is 25.1 Å². The summed E-state index contributed by atoms with van der Waals surface area (Å²) in [5, 5.41) is 13.0. The quantitative estimate of drug-likeness (QED) is 0.684. The van der Waals surface area contributed by atoms with Gasteiger partial charge in [-0.1, -0.05) is 31.9 Å². The summed E-state index contributed by atoms with van der Waals surface area (Å²) in [4.78, 5) is 8.84. The fourth-order valence-electron chi connectivity index (χ4n) is 2.22. The minimum atomic E-state index is 0.233. The summed E-state index contributed by atoms with van der Waals surface area (Å²) in [5.41, 5.74) is 0.894. The number of halogens is 1. The first-order chi connectivity index (χ1) is 9.62. The molecule has 0 fully saturated rings. The Bertz CT molecular complexity index is 406. The molecule has 0 saturated heterocycles. The van der Waals surface area contributed by atoms with Crippen LogP contribution >= 0.6 is 11.6 Å².